The molecule has 1 heterocycles. The lowest BCUT2D eigenvalue weighted by atomic mass is 10.0. The summed E-state index contributed by atoms with van der Waals surface area (Å²) in [6.07, 6.45) is 2.22. The minimum Gasteiger partial charge on any atom is -0.340 e. The smallest absolute Gasteiger partial charge is 0.221 e. The first-order chi connectivity index (χ1) is 15.6. The highest BCUT2D eigenvalue weighted by molar-refractivity contribution is 7.99. The maximum atomic E-state index is 11.7. The number of para-hydroxylation sites is 2. The summed E-state index contributed by atoms with van der Waals surface area (Å²) in [4.78, 5) is 16.7. The number of hydrogen-bond acceptors (Lipinski definition) is 4. The van der Waals surface area contributed by atoms with E-state index in [0.717, 1.165) is 42.7 Å². The molecule has 0 aliphatic carbocycles. The zero-order valence-electron chi connectivity index (χ0n) is 19.0. The maximum absolute atomic E-state index is 11.7. The molecule has 4 nitrogen and oxygen atoms in total. The molecule has 4 rings (SSSR count). The Morgan fingerprint density at radius 3 is 2.50 bits per heavy atom. The van der Waals surface area contributed by atoms with E-state index in [9.17, 15) is 4.79 Å². The van der Waals surface area contributed by atoms with Crippen LogP contribution in [0.25, 0.3) is 11.1 Å². The average molecular weight is 446 g/mol. The number of anilines is 3. The number of carbonyl (C=O) groups excluding carboxylic acids is 1. The zero-order valence-corrected chi connectivity index (χ0v) is 19.8. The van der Waals surface area contributed by atoms with Crippen molar-refractivity contribution in [2.24, 2.45) is 0 Å². The minimum atomic E-state index is -0.0592. The van der Waals surface area contributed by atoms with Gasteiger partial charge in [0.1, 0.15) is 0 Å². The van der Waals surface area contributed by atoms with E-state index in [1.165, 1.54) is 21.2 Å². The zero-order chi connectivity index (χ0) is 22.5. The van der Waals surface area contributed by atoms with Gasteiger partial charge in [0.05, 0.1) is 11.4 Å². The molecular weight excluding hydrogens is 414 g/mol. The van der Waals surface area contributed by atoms with Crippen molar-refractivity contribution in [3.05, 3.63) is 66.7 Å². The van der Waals surface area contributed by atoms with Crippen molar-refractivity contribution in [1.82, 2.24) is 5.32 Å². The van der Waals surface area contributed by atoms with Crippen molar-refractivity contribution < 1.29 is 4.79 Å². The van der Waals surface area contributed by atoms with Gasteiger partial charge in [-0.1, -0.05) is 62.0 Å². The Labute approximate surface area is 195 Å². The third-order valence-corrected chi connectivity index (χ3v) is 6.97. The van der Waals surface area contributed by atoms with Crippen molar-refractivity contribution in [3.63, 3.8) is 0 Å². The Morgan fingerprint density at radius 2 is 1.72 bits per heavy atom. The molecule has 1 unspecified atom stereocenters. The second-order valence-corrected chi connectivity index (χ2v) is 9.17. The number of fused-ring (bicyclic) bond motifs is 2. The normalized spacial score (nSPS) is 13.3. The van der Waals surface area contributed by atoms with Crippen molar-refractivity contribution in [2.45, 2.75) is 49.4 Å². The first kappa shape index (κ1) is 22.4. The monoisotopic (exact) mass is 445 g/mol. The number of nitrogens with zero attached hydrogens (tertiary/aromatic N) is 1. The van der Waals surface area contributed by atoms with Gasteiger partial charge in [0.2, 0.25) is 5.91 Å². The quantitative estimate of drug-likeness (QED) is 0.405. The molecule has 1 atom stereocenters. The molecule has 0 bridgehead atoms. The summed E-state index contributed by atoms with van der Waals surface area (Å²) in [6.45, 7) is 7.94. The van der Waals surface area contributed by atoms with Crippen molar-refractivity contribution in [2.75, 3.05) is 23.3 Å². The van der Waals surface area contributed by atoms with Crippen LogP contribution in [0.2, 0.25) is 0 Å². The van der Waals surface area contributed by atoms with Crippen molar-refractivity contribution in [1.29, 1.82) is 0 Å². The summed E-state index contributed by atoms with van der Waals surface area (Å²) in [6, 6.07) is 23.8. The predicted molar refractivity (Wildman–Crippen MR) is 136 cm³/mol. The van der Waals surface area contributed by atoms with Gasteiger partial charge in [-0.25, -0.2) is 0 Å². The van der Waals surface area contributed by atoms with Gasteiger partial charge in [0.15, 0.2) is 0 Å². The van der Waals surface area contributed by atoms with E-state index < -0.39 is 0 Å². The molecule has 166 valence electrons. The molecule has 0 fully saturated rings. The molecule has 32 heavy (non-hydrogen) atoms. The number of rotatable bonds is 8. The molecule has 1 aliphatic rings. The number of benzene rings is 3. The van der Waals surface area contributed by atoms with Gasteiger partial charge in [-0.05, 0) is 55.3 Å². The van der Waals surface area contributed by atoms with Gasteiger partial charge < -0.3 is 15.5 Å². The highest BCUT2D eigenvalue weighted by Crippen LogP contribution is 2.49. The van der Waals surface area contributed by atoms with Crippen LogP contribution in [0.5, 0.6) is 0 Å². The first-order valence-corrected chi connectivity index (χ1v) is 12.2. The van der Waals surface area contributed by atoms with Crippen LogP contribution in [-0.4, -0.2) is 25.0 Å². The molecule has 2 N–H and O–H groups in total. The SMILES string of the molecule is CCNC(CC)CCN1c2ccccc2Sc2cc(-c3ccccc3NC(C)=O)ccc21. The first-order valence-electron chi connectivity index (χ1n) is 11.4. The van der Waals surface area contributed by atoms with E-state index in [0.29, 0.717) is 6.04 Å². The fourth-order valence-corrected chi connectivity index (χ4v) is 5.43. The van der Waals surface area contributed by atoms with Crippen LogP contribution in [0.3, 0.4) is 0 Å². The molecule has 1 amide bonds. The van der Waals surface area contributed by atoms with Crippen LogP contribution in [0.4, 0.5) is 17.1 Å². The van der Waals surface area contributed by atoms with Gasteiger partial charge >= 0.3 is 0 Å². The molecule has 0 radical (unpaired) electrons. The van der Waals surface area contributed by atoms with Crippen LogP contribution in [0.15, 0.2) is 76.5 Å². The van der Waals surface area contributed by atoms with Gasteiger partial charge in [-0.15, -0.1) is 0 Å². The van der Waals surface area contributed by atoms with Crippen LogP contribution < -0.4 is 15.5 Å². The Bertz CT molecular complexity index is 1100. The third-order valence-electron chi connectivity index (χ3n) is 5.86. The largest absolute Gasteiger partial charge is 0.340 e. The van der Waals surface area contributed by atoms with Gasteiger partial charge in [0.25, 0.3) is 0 Å². The topological polar surface area (TPSA) is 44.4 Å². The molecule has 3 aromatic carbocycles. The number of nitrogens with one attached hydrogen (secondary N) is 2. The molecule has 1 aliphatic heterocycles. The lowest BCUT2D eigenvalue weighted by molar-refractivity contribution is -0.114. The molecule has 0 saturated heterocycles. The lowest BCUT2D eigenvalue weighted by Gasteiger charge is -2.34. The van der Waals surface area contributed by atoms with Crippen molar-refractivity contribution >= 4 is 34.7 Å². The van der Waals surface area contributed by atoms with E-state index in [1.807, 2.05) is 30.0 Å². The summed E-state index contributed by atoms with van der Waals surface area (Å²) in [5, 5.41) is 6.57. The molecular formula is C27H31N3OS. The highest BCUT2D eigenvalue weighted by atomic mass is 32.2. The summed E-state index contributed by atoms with van der Waals surface area (Å²) < 4.78 is 0. The van der Waals surface area contributed by atoms with E-state index in [4.69, 9.17) is 0 Å². The summed E-state index contributed by atoms with van der Waals surface area (Å²) >= 11 is 1.82. The highest BCUT2D eigenvalue weighted by Gasteiger charge is 2.24. The van der Waals surface area contributed by atoms with Crippen LogP contribution in [0, 0.1) is 0 Å². The second kappa shape index (κ2) is 10.2. The van der Waals surface area contributed by atoms with Crippen LogP contribution in [-0.2, 0) is 4.79 Å². The minimum absolute atomic E-state index is 0.0592. The summed E-state index contributed by atoms with van der Waals surface area (Å²) in [5.74, 6) is -0.0592. The van der Waals surface area contributed by atoms with Gasteiger partial charge in [-0.2, -0.15) is 0 Å². The third kappa shape index (κ3) is 4.84. The molecule has 0 saturated carbocycles. The van der Waals surface area contributed by atoms with E-state index in [2.05, 4.69) is 77.9 Å². The molecule has 0 spiro atoms. The maximum Gasteiger partial charge on any atom is 0.221 e. The summed E-state index contributed by atoms with van der Waals surface area (Å²) in [7, 11) is 0. The molecule has 3 aromatic rings. The fraction of sp³-hybridized carbons (Fsp3) is 0.296. The van der Waals surface area contributed by atoms with E-state index in [1.54, 1.807) is 6.92 Å². The van der Waals surface area contributed by atoms with E-state index >= 15 is 0 Å². The predicted octanol–water partition coefficient (Wildman–Crippen LogP) is 6.69. The van der Waals surface area contributed by atoms with Crippen LogP contribution in [0.1, 0.15) is 33.6 Å². The van der Waals surface area contributed by atoms with Gasteiger partial charge in [0, 0.05) is 40.6 Å². The Hall–Kier alpha value is -2.76. The number of amides is 1. The lowest BCUT2D eigenvalue weighted by Crippen LogP contribution is -2.33. The fourth-order valence-electron chi connectivity index (χ4n) is 4.30. The van der Waals surface area contributed by atoms with Gasteiger partial charge in [-0.3, -0.25) is 4.79 Å². The van der Waals surface area contributed by atoms with E-state index in [-0.39, 0.29) is 5.91 Å². The number of carbonyl (C=O) groups is 1. The average Bonchev–Trinajstić information content (AvgIpc) is 2.80. The van der Waals surface area contributed by atoms with Crippen LogP contribution >= 0.6 is 11.8 Å². The van der Waals surface area contributed by atoms with Crippen molar-refractivity contribution in [3.8, 4) is 11.1 Å². The molecule has 0 aromatic heterocycles. The Kier molecular flexibility index (Phi) is 7.18. The summed E-state index contributed by atoms with van der Waals surface area (Å²) in [5.41, 5.74) is 5.52. The number of hydrogen-bond donors (Lipinski definition) is 2. The Morgan fingerprint density at radius 1 is 0.969 bits per heavy atom. The molecule has 5 heteroatoms. The standard InChI is InChI=1S/C27H31N3OS/c1-4-21(28-5-2)16-17-30-24-12-8-9-13-26(24)32-27-18-20(14-15-25(27)30)22-10-6-7-11-23(22)29-19(3)31/h6-15,18,21,28H,4-5,16-17H2,1-3H3,(H,29,31). The Balaban J connectivity index is 1.69. The second-order valence-electron chi connectivity index (χ2n) is 8.08.